The van der Waals surface area contributed by atoms with Crippen LogP contribution in [0.5, 0.6) is 5.75 Å². The molecule has 1 aromatic carbocycles. The second-order valence-corrected chi connectivity index (χ2v) is 4.64. The highest BCUT2D eigenvalue weighted by molar-refractivity contribution is 6.21. The minimum atomic E-state index is 0.00768. The molecule has 0 saturated carbocycles. The zero-order chi connectivity index (χ0) is 14.5. The van der Waals surface area contributed by atoms with Gasteiger partial charge in [0, 0.05) is 18.7 Å². The number of phenolic OH excluding ortho intramolecular Hbond substituents is 1. The maximum Gasteiger partial charge on any atom is 0.233 e. The second-order valence-electron chi connectivity index (χ2n) is 4.64. The summed E-state index contributed by atoms with van der Waals surface area (Å²) in [5, 5.41) is 13.9. The molecular formula is C14H20N4O2. The number of amides is 1. The Morgan fingerprint density at radius 3 is 3.00 bits per heavy atom. The number of hydrogen-bond acceptors (Lipinski definition) is 5. The fourth-order valence-electron chi connectivity index (χ4n) is 2.23. The van der Waals surface area contributed by atoms with Crippen LogP contribution in [-0.2, 0) is 4.79 Å². The molecule has 0 aliphatic carbocycles. The summed E-state index contributed by atoms with van der Waals surface area (Å²) in [4.78, 5) is 14.0. The van der Waals surface area contributed by atoms with E-state index in [1.54, 1.807) is 23.1 Å². The monoisotopic (exact) mass is 276 g/mol. The standard InChI is InChI=1S/C14H20N4O2/c1-2-16-17-12-9-14(20)18(7-3-6-15)13-5-4-10(19)8-11(12)13/h4-5,8,16,19H,2-3,6-7,9,15H2,1H3/b17-12+. The molecule has 6 heteroatoms. The first-order valence-electron chi connectivity index (χ1n) is 6.80. The van der Waals surface area contributed by atoms with Gasteiger partial charge in [0.05, 0.1) is 17.8 Å². The van der Waals surface area contributed by atoms with Crippen LogP contribution in [0.25, 0.3) is 0 Å². The molecule has 1 heterocycles. The number of anilines is 1. The molecule has 2 rings (SSSR count). The summed E-state index contributed by atoms with van der Waals surface area (Å²) in [5.41, 5.74) is 10.6. The molecule has 1 aromatic rings. The molecule has 0 spiro atoms. The molecule has 6 nitrogen and oxygen atoms in total. The number of hydrogen-bond donors (Lipinski definition) is 3. The van der Waals surface area contributed by atoms with Crippen LogP contribution in [0.3, 0.4) is 0 Å². The minimum absolute atomic E-state index is 0.00768. The van der Waals surface area contributed by atoms with E-state index >= 15 is 0 Å². The van der Waals surface area contributed by atoms with Gasteiger partial charge in [0.2, 0.25) is 5.91 Å². The van der Waals surface area contributed by atoms with Gasteiger partial charge in [0.15, 0.2) is 0 Å². The summed E-state index contributed by atoms with van der Waals surface area (Å²) in [7, 11) is 0. The summed E-state index contributed by atoms with van der Waals surface area (Å²) in [6.07, 6.45) is 0.972. The number of rotatable bonds is 5. The molecule has 0 unspecified atom stereocenters. The minimum Gasteiger partial charge on any atom is -0.508 e. The van der Waals surface area contributed by atoms with E-state index in [1.165, 1.54) is 0 Å². The molecule has 0 radical (unpaired) electrons. The van der Waals surface area contributed by atoms with Crippen LogP contribution in [0.4, 0.5) is 5.69 Å². The lowest BCUT2D eigenvalue weighted by atomic mass is 9.98. The SMILES string of the molecule is CCN/N=C1\CC(=O)N(CCCN)c2ccc(O)cc21. The number of nitrogens with one attached hydrogen (secondary N) is 1. The third kappa shape index (κ3) is 2.91. The number of carbonyl (C=O) groups excluding carboxylic acids is 1. The van der Waals surface area contributed by atoms with Crippen molar-refractivity contribution >= 4 is 17.3 Å². The fourth-order valence-corrected chi connectivity index (χ4v) is 2.23. The normalized spacial score (nSPS) is 16.4. The Balaban J connectivity index is 2.40. The molecule has 0 aromatic heterocycles. The third-order valence-electron chi connectivity index (χ3n) is 3.16. The predicted molar refractivity (Wildman–Crippen MR) is 79.0 cm³/mol. The molecule has 20 heavy (non-hydrogen) atoms. The van der Waals surface area contributed by atoms with Crippen LogP contribution in [0, 0.1) is 0 Å². The van der Waals surface area contributed by atoms with Gasteiger partial charge in [-0.25, -0.2) is 0 Å². The van der Waals surface area contributed by atoms with Crippen molar-refractivity contribution in [3.8, 4) is 5.75 Å². The summed E-state index contributed by atoms with van der Waals surface area (Å²) >= 11 is 0. The highest BCUT2D eigenvalue weighted by Gasteiger charge is 2.28. The summed E-state index contributed by atoms with van der Waals surface area (Å²) in [5.74, 6) is 0.175. The van der Waals surface area contributed by atoms with Gasteiger partial charge in [-0.2, -0.15) is 5.10 Å². The van der Waals surface area contributed by atoms with Crippen LogP contribution in [0.1, 0.15) is 25.3 Å². The van der Waals surface area contributed by atoms with Crippen molar-refractivity contribution in [3.05, 3.63) is 23.8 Å². The number of phenols is 1. The van der Waals surface area contributed by atoms with Crippen LogP contribution >= 0.6 is 0 Å². The summed E-state index contributed by atoms with van der Waals surface area (Å²) < 4.78 is 0. The Morgan fingerprint density at radius 1 is 1.50 bits per heavy atom. The third-order valence-corrected chi connectivity index (χ3v) is 3.16. The fraction of sp³-hybridized carbons (Fsp3) is 0.429. The molecule has 4 N–H and O–H groups in total. The van der Waals surface area contributed by atoms with Gasteiger partial charge < -0.3 is 21.2 Å². The highest BCUT2D eigenvalue weighted by atomic mass is 16.3. The number of fused-ring (bicyclic) bond motifs is 1. The van der Waals surface area contributed by atoms with Gasteiger partial charge in [-0.1, -0.05) is 0 Å². The zero-order valence-electron chi connectivity index (χ0n) is 11.6. The van der Waals surface area contributed by atoms with Crippen molar-refractivity contribution < 1.29 is 9.90 Å². The second kappa shape index (κ2) is 6.38. The number of nitrogens with two attached hydrogens (primary N) is 1. The summed E-state index contributed by atoms with van der Waals surface area (Å²) in [6.45, 7) is 3.74. The molecule has 0 fully saturated rings. The number of hydrazone groups is 1. The van der Waals surface area contributed by atoms with E-state index in [4.69, 9.17) is 5.73 Å². The Morgan fingerprint density at radius 2 is 2.30 bits per heavy atom. The quantitative estimate of drug-likeness (QED) is 0.693. The van der Waals surface area contributed by atoms with Crippen molar-refractivity contribution in [2.75, 3.05) is 24.5 Å². The number of carbonyl (C=O) groups is 1. The molecule has 0 bridgehead atoms. The predicted octanol–water partition coefficient (Wildman–Crippen LogP) is 0.791. The first-order chi connectivity index (χ1) is 9.67. The van der Waals surface area contributed by atoms with Crippen LogP contribution in [0.15, 0.2) is 23.3 Å². The lowest BCUT2D eigenvalue weighted by Gasteiger charge is -2.30. The Labute approximate surface area is 118 Å². The van der Waals surface area contributed by atoms with E-state index < -0.39 is 0 Å². The first-order valence-corrected chi connectivity index (χ1v) is 6.80. The van der Waals surface area contributed by atoms with E-state index in [0.29, 0.717) is 25.3 Å². The van der Waals surface area contributed by atoms with Crippen LogP contribution in [0.2, 0.25) is 0 Å². The number of nitrogens with zero attached hydrogens (tertiary/aromatic N) is 2. The average Bonchev–Trinajstić information content (AvgIpc) is 2.44. The van der Waals surface area contributed by atoms with Crippen LogP contribution in [-0.4, -0.2) is 36.4 Å². The molecule has 0 atom stereocenters. The number of aromatic hydroxyl groups is 1. The maximum atomic E-state index is 12.2. The van der Waals surface area contributed by atoms with Gasteiger partial charge in [0.25, 0.3) is 0 Å². The molecule has 1 aliphatic rings. The Bertz CT molecular complexity index is 528. The molecule has 1 aliphatic heterocycles. The molecular weight excluding hydrogens is 256 g/mol. The highest BCUT2D eigenvalue weighted by Crippen LogP contribution is 2.31. The molecule has 0 saturated heterocycles. The van der Waals surface area contributed by atoms with Crippen molar-refractivity contribution in [3.63, 3.8) is 0 Å². The van der Waals surface area contributed by atoms with Gasteiger partial charge in [-0.3, -0.25) is 4.79 Å². The van der Waals surface area contributed by atoms with Gasteiger partial charge in [-0.15, -0.1) is 0 Å². The van der Waals surface area contributed by atoms with Crippen molar-refractivity contribution in [1.29, 1.82) is 0 Å². The topological polar surface area (TPSA) is 91.0 Å². The van der Waals surface area contributed by atoms with Gasteiger partial charge >= 0.3 is 0 Å². The van der Waals surface area contributed by atoms with E-state index in [1.807, 2.05) is 6.92 Å². The van der Waals surface area contributed by atoms with E-state index in [2.05, 4.69) is 10.5 Å². The van der Waals surface area contributed by atoms with Crippen molar-refractivity contribution in [1.82, 2.24) is 5.43 Å². The smallest absolute Gasteiger partial charge is 0.233 e. The Hall–Kier alpha value is -2.08. The van der Waals surface area contributed by atoms with E-state index in [0.717, 1.165) is 17.7 Å². The maximum absolute atomic E-state index is 12.2. The lowest BCUT2D eigenvalue weighted by Crippen LogP contribution is -2.39. The van der Waals surface area contributed by atoms with Crippen LogP contribution < -0.4 is 16.1 Å². The first kappa shape index (κ1) is 14.3. The largest absolute Gasteiger partial charge is 0.508 e. The van der Waals surface area contributed by atoms with E-state index in [9.17, 15) is 9.90 Å². The lowest BCUT2D eigenvalue weighted by molar-refractivity contribution is -0.117. The average molecular weight is 276 g/mol. The van der Waals surface area contributed by atoms with Gasteiger partial charge in [0.1, 0.15) is 5.75 Å². The molecule has 1 amide bonds. The van der Waals surface area contributed by atoms with E-state index in [-0.39, 0.29) is 18.1 Å². The van der Waals surface area contributed by atoms with Gasteiger partial charge in [-0.05, 0) is 38.1 Å². The van der Waals surface area contributed by atoms with Crippen molar-refractivity contribution in [2.45, 2.75) is 19.8 Å². The number of benzene rings is 1. The Kier molecular flexibility index (Phi) is 4.57. The molecule has 108 valence electrons. The zero-order valence-corrected chi connectivity index (χ0v) is 11.6. The summed E-state index contributed by atoms with van der Waals surface area (Å²) in [6, 6.07) is 4.98. The van der Waals surface area contributed by atoms with Crippen molar-refractivity contribution in [2.24, 2.45) is 10.8 Å².